The first kappa shape index (κ1) is 11.8. The highest BCUT2D eigenvalue weighted by Crippen LogP contribution is 2.27. The van der Waals surface area contributed by atoms with Gasteiger partial charge in [0, 0.05) is 6.21 Å². The molecule has 1 unspecified atom stereocenters. The molecule has 2 aliphatic heterocycles. The minimum absolute atomic E-state index is 0.523. The zero-order chi connectivity index (χ0) is 11.5. The first-order chi connectivity index (χ1) is 7.66. The molecule has 2 heterocycles. The fourth-order valence-corrected chi connectivity index (χ4v) is 2.61. The number of hydrogen-bond acceptors (Lipinski definition) is 2. The summed E-state index contributed by atoms with van der Waals surface area (Å²) >= 11 is 0. The molecular weight excluding hydrogens is 196 g/mol. The number of rotatable bonds is 2. The Balaban J connectivity index is 1.91. The van der Waals surface area contributed by atoms with Gasteiger partial charge >= 0.3 is 0 Å². The summed E-state index contributed by atoms with van der Waals surface area (Å²) in [5, 5.41) is 0. The highest BCUT2D eigenvalue weighted by atomic mass is 15.1. The molecule has 2 rings (SSSR count). The van der Waals surface area contributed by atoms with Crippen LogP contribution in [0.1, 0.15) is 33.1 Å². The Morgan fingerprint density at radius 2 is 2.00 bits per heavy atom. The standard InChI is InChI=1S/C14H24N2/c1-11(2)14-5-4-13(10-15-14)12-6-8-16(3)9-7-12/h4,10-12,14H,5-9H2,1-3H3. The van der Waals surface area contributed by atoms with Crippen molar-refractivity contribution in [2.75, 3.05) is 20.1 Å². The van der Waals surface area contributed by atoms with E-state index in [9.17, 15) is 0 Å². The van der Waals surface area contributed by atoms with Gasteiger partial charge in [0.2, 0.25) is 0 Å². The molecule has 0 amide bonds. The predicted octanol–water partition coefficient (Wildman–Crippen LogP) is 2.75. The Kier molecular flexibility index (Phi) is 3.80. The van der Waals surface area contributed by atoms with Gasteiger partial charge in [-0.05, 0) is 56.8 Å². The van der Waals surface area contributed by atoms with Crippen molar-refractivity contribution in [1.29, 1.82) is 0 Å². The molecular formula is C14H24N2. The molecule has 0 radical (unpaired) electrons. The Labute approximate surface area is 99.4 Å². The maximum absolute atomic E-state index is 4.70. The molecule has 1 atom stereocenters. The monoisotopic (exact) mass is 220 g/mol. The zero-order valence-electron chi connectivity index (χ0n) is 10.8. The minimum Gasteiger partial charge on any atom is -0.306 e. The Morgan fingerprint density at radius 3 is 2.50 bits per heavy atom. The summed E-state index contributed by atoms with van der Waals surface area (Å²) in [5.74, 6) is 1.44. The maximum Gasteiger partial charge on any atom is 0.0557 e. The van der Waals surface area contributed by atoms with Gasteiger partial charge in [-0.3, -0.25) is 4.99 Å². The van der Waals surface area contributed by atoms with Gasteiger partial charge < -0.3 is 4.90 Å². The Morgan fingerprint density at radius 1 is 1.31 bits per heavy atom. The second-order valence-corrected chi connectivity index (χ2v) is 5.61. The van der Waals surface area contributed by atoms with E-state index in [1.807, 2.05) is 0 Å². The first-order valence-electron chi connectivity index (χ1n) is 6.58. The van der Waals surface area contributed by atoms with Gasteiger partial charge in [-0.25, -0.2) is 0 Å². The number of aliphatic imine (C=N–C) groups is 1. The normalized spacial score (nSPS) is 28.5. The van der Waals surface area contributed by atoms with Crippen molar-refractivity contribution in [2.24, 2.45) is 16.8 Å². The lowest BCUT2D eigenvalue weighted by Gasteiger charge is -2.31. The Hall–Kier alpha value is -0.630. The average molecular weight is 220 g/mol. The third-order valence-corrected chi connectivity index (χ3v) is 3.97. The van der Waals surface area contributed by atoms with Crippen LogP contribution in [0.2, 0.25) is 0 Å². The van der Waals surface area contributed by atoms with E-state index in [4.69, 9.17) is 4.99 Å². The summed E-state index contributed by atoms with van der Waals surface area (Å²) in [5.41, 5.74) is 1.50. The van der Waals surface area contributed by atoms with Crippen molar-refractivity contribution in [1.82, 2.24) is 4.90 Å². The number of piperidine rings is 1. The van der Waals surface area contributed by atoms with Crippen molar-refractivity contribution in [3.8, 4) is 0 Å². The SMILES string of the molecule is CC(C)C1CC=C(C2CCN(C)CC2)C=N1. The fourth-order valence-electron chi connectivity index (χ4n) is 2.61. The van der Waals surface area contributed by atoms with Gasteiger partial charge in [0.05, 0.1) is 6.04 Å². The molecule has 2 aliphatic rings. The van der Waals surface area contributed by atoms with Gasteiger partial charge in [-0.15, -0.1) is 0 Å². The quantitative estimate of drug-likeness (QED) is 0.698. The summed E-state index contributed by atoms with van der Waals surface area (Å²) in [7, 11) is 2.22. The first-order valence-corrected chi connectivity index (χ1v) is 6.58. The number of hydrogen-bond donors (Lipinski definition) is 0. The lowest BCUT2D eigenvalue weighted by molar-refractivity contribution is 0.240. The van der Waals surface area contributed by atoms with Crippen LogP contribution < -0.4 is 0 Å². The molecule has 1 saturated heterocycles. The van der Waals surface area contributed by atoms with Crippen molar-refractivity contribution in [3.05, 3.63) is 11.6 Å². The minimum atomic E-state index is 0.523. The molecule has 0 aromatic heterocycles. The number of nitrogens with zero attached hydrogens (tertiary/aromatic N) is 2. The van der Waals surface area contributed by atoms with Crippen molar-refractivity contribution >= 4 is 6.21 Å². The zero-order valence-corrected chi connectivity index (χ0v) is 10.8. The smallest absolute Gasteiger partial charge is 0.0557 e. The van der Waals surface area contributed by atoms with Gasteiger partial charge in [0.15, 0.2) is 0 Å². The summed E-state index contributed by atoms with van der Waals surface area (Å²) in [6.45, 7) is 7.00. The van der Waals surface area contributed by atoms with Gasteiger partial charge in [-0.1, -0.05) is 19.9 Å². The maximum atomic E-state index is 4.70. The van der Waals surface area contributed by atoms with Crippen LogP contribution >= 0.6 is 0 Å². The van der Waals surface area contributed by atoms with Crippen LogP contribution in [0.25, 0.3) is 0 Å². The lowest BCUT2D eigenvalue weighted by Crippen LogP contribution is -2.31. The summed E-state index contributed by atoms with van der Waals surface area (Å²) in [6, 6.07) is 0.523. The number of allylic oxidation sites excluding steroid dienone is 1. The van der Waals surface area contributed by atoms with Crippen molar-refractivity contribution in [2.45, 2.75) is 39.2 Å². The van der Waals surface area contributed by atoms with E-state index in [1.54, 1.807) is 0 Å². The third kappa shape index (κ3) is 2.73. The molecule has 0 aromatic carbocycles. The molecule has 0 aromatic rings. The van der Waals surface area contributed by atoms with E-state index >= 15 is 0 Å². The number of likely N-dealkylation sites (tertiary alicyclic amines) is 1. The molecule has 0 spiro atoms. The van der Waals surface area contributed by atoms with Crippen molar-refractivity contribution in [3.63, 3.8) is 0 Å². The van der Waals surface area contributed by atoms with Gasteiger partial charge in [0.1, 0.15) is 0 Å². The topological polar surface area (TPSA) is 15.6 Å². The van der Waals surface area contributed by atoms with E-state index in [0.29, 0.717) is 12.0 Å². The Bertz CT molecular complexity index is 283. The van der Waals surface area contributed by atoms with Crippen LogP contribution in [-0.2, 0) is 0 Å². The van der Waals surface area contributed by atoms with E-state index < -0.39 is 0 Å². The molecule has 90 valence electrons. The highest BCUT2D eigenvalue weighted by molar-refractivity contribution is 5.80. The molecule has 0 bridgehead atoms. The van der Waals surface area contributed by atoms with Crippen LogP contribution in [0, 0.1) is 11.8 Å². The summed E-state index contributed by atoms with van der Waals surface area (Å²) in [6.07, 6.45) is 8.36. The molecule has 0 aliphatic carbocycles. The molecule has 2 nitrogen and oxygen atoms in total. The molecule has 1 fully saturated rings. The number of dihydropyridines is 1. The van der Waals surface area contributed by atoms with Crippen molar-refractivity contribution < 1.29 is 0 Å². The predicted molar refractivity (Wildman–Crippen MR) is 70.0 cm³/mol. The van der Waals surface area contributed by atoms with Crippen LogP contribution in [0.5, 0.6) is 0 Å². The van der Waals surface area contributed by atoms with Gasteiger partial charge in [0.25, 0.3) is 0 Å². The largest absolute Gasteiger partial charge is 0.306 e. The highest BCUT2D eigenvalue weighted by Gasteiger charge is 2.22. The average Bonchev–Trinajstić information content (AvgIpc) is 2.30. The van der Waals surface area contributed by atoms with E-state index in [1.165, 1.54) is 31.5 Å². The third-order valence-electron chi connectivity index (χ3n) is 3.97. The summed E-state index contributed by atoms with van der Waals surface area (Å²) in [4.78, 5) is 7.12. The van der Waals surface area contributed by atoms with Crippen LogP contribution in [0.4, 0.5) is 0 Å². The van der Waals surface area contributed by atoms with E-state index in [0.717, 1.165) is 12.3 Å². The van der Waals surface area contributed by atoms with E-state index in [2.05, 4.69) is 38.1 Å². The van der Waals surface area contributed by atoms with Crippen LogP contribution in [0.15, 0.2) is 16.6 Å². The second kappa shape index (κ2) is 5.13. The molecule has 0 N–H and O–H groups in total. The fraction of sp³-hybridized carbons (Fsp3) is 0.786. The summed E-state index contributed by atoms with van der Waals surface area (Å²) < 4.78 is 0. The molecule has 2 heteroatoms. The molecule has 0 saturated carbocycles. The second-order valence-electron chi connectivity index (χ2n) is 5.61. The van der Waals surface area contributed by atoms with E-state index in [-0.39, 0.29) is 0 Å². The molecule has 16 heavy (non-hydrogen) atoms. The van der Waals surface area contributed by atoms with Crippen LogP contribution in [0.3, 0.4) is 0 Å². The lowest BCUT2D eigenvalue weighted by atomic mass is 9.86. The van der Waals surface area contributed by atoms with Crippen LogP contribution in [-0.4, -0.2) is 37.3 Å². The van der Waals surface area contributed by atoms with Gasteiger partial charge in [-0.2, -0.15) is 0 Å².